The van der Waals surface area contributed by atoms with Crippen molar-refractivity contribution in [3.05, 3.63) is 82.4 Å². The minimum absolute atomic E-state index is 0.326. The van der Waals surface area contributed by atoms with Gasteiger partial charge in [0.15, 0.2) is 5.13 Å². The molecule has 140 valence electrons. The van der Waals surface area contributed by atoms with Gasteiger partial charge in [-0.25, -0.2) is 4.98 Å². The molecule has 0 saturated carbocycles. The van der Waals surface area contributed by atoms with Crippen LogP contribution in [0.2, 0.25) is 0 Å². The molecule has 2 heterocycles. The molecule has 7 heteroatoms. The van der Waals surface area contributed by atoms with Crippen molar-refractivity contribution in [2.24, 2.45) is 0 Å². The van der Waals surface area contributed by atoms with Gasteiger partial charge in [-0.1, -0.05) is 42.5 Å². The number of amides is 3. The molecule has 0 unspecified atom stereocenters. The number of anilines is 1. The second kappa shape index (κ2) is 7.36. The van der Waals surface area contributed by atoms with Gasteiger partial charge in [-0.3, -0.25) is 19.3 Å². The maximum Gasteiger partial charge on any atom is 0.262 e. The number of hydrogen-bond acceptors (Lipinski definition) is 5. The fourth-order valence-electron chi connectivity index (χ4n) is 3.13. The Labute approximate surface area is 165 Å². The predicted octanol–water partition coefficient (Wildman–Crippen LogP) is 3.36. The average molecular weight is 391 g/mol. The molecule has 1 aromatic heterocycles. The van der Waals surface area contributed by atoms with Gasteiger partial charge < -0.3 is 5.32 Å². The Bertz CT molecular complexity index is 1030. The molecule has 4 rings (SSSR count). The number of nitrogens with one attached hydrogen (secondary N) is 1. The minimum Gasteiger partial charge on any atom is -0.300 e. The first kappa shape index (κ1) is 18.1. The van der Waals surface area contributed by atoms with Crippen molar-refractivity contribution < 1.29 is 14.4 Å². The number of hydrogen-bond donors (Lipinski definition) is 1. The monoisotopic (exact) mass is 391 g/mol. The van der Waals surface area contributed by atoms with E-state index in [0.717, 1.165) is 21.8 Å². The summed E-state index contributed by atoms with van der Waals surface area (Å²) in [5, 5.41) is 3.16. The smallest absolute Gasteiger partial charge is 0.262 e. The molecule has 1 aliphatic rings. The van der Waals surface area contributed by atoms with Crippen LogP contribution in [-0.2, 0) is 11.2 Å². The molecule has 0 radical (unpaired) electrons. The van der Waals surface area contributed by atoms with E-state index in [1.165, 1.54) is 18.3 Å². The van der Waals surface area contributed by atoms with Crippen molar-refractivity contribution in [3.63, 3.8) is 0 Å². The zero-order valence-electron chi connectivity index (χ0n) is 15.1. The van der Waals surface area contributed by atoms with Gasteiger partial charge in [-0.05, 0) is 24.6 Å². The van der Waals surface area contributed by atoms with Crippen molar-refractivity contribution in [2.75, 3.05) is 5.32 Å². The highest BCUT2D eigenvalue weighted by atomic mass is 32.1. The van der Waals surface area contributed by atoms with Crippen molar-refractivity contribution in [3.8, 4) is 0 Å². The van der Waals surface area contributed by atoms with Crippen LogP contribution in [0.4, 0.5) is 5.13 Å². The highest BCUT2D eigenvalue weighted by molar-refractivity contribution is 7.15. The summed E-state index contributed by atoms with van der Waals surface area (Å²) in [6.07, 6.45) is 2.45. The molecule has 6 nitrogen and oxygen atoms in total. The molecule has 0 bridgehead atoms. The summed E-state index contributed by atoms with van der Waals surface area (Å²) in [6.45, 7) is 1.54. The van der Waals surface area contributed by atoms with E-state index in [1.807, 2.05) is 30.3 Å². The molecular weight excluding hydrogens is 374 g/mol. The Morgan fingerprint density at radius 3 is 2.29 bits per heavy atom. The van der Waals surface area contributed by atoms with Crippen LogP contribution in [0.15, 0.2) is 60.8 Å². The number of imide groups is 1. The van der Waals surface area contributed by atoms with Gasteiger partial charge in [0.2, 0.25) is 5.91 Å². The summed E-state index contributed by atoms with van der Waals surface area (Å²) in [5.74, 6) is -1.35. The molecule has 0 saturated heterocycles. The number of thiazole rings is 1. The Kier molecular flexibility index (Phi) is 4.75. The molecule has 0 aliphatic carbocycles. The third-order valence-corrected chi connectivity index (χ3v) is 5.51. The van der Waals surface area contributed by atoms with E-state index >= 15 is 0 Å². The van der Waals surface area contributed by atoms with Crippen LogP contribution in [0, 0.1) is 0 Å². The molecule has 1 atom stereocenters. The topological polar surface area (TPSA) is 79.4 Å². The van der Waals surface area contributed by atoms with Gasteiger partial charge in [0.25, 0.3) is 11.8 Å². The second-order valence-electron chi connectivity index (χ2n) is 6.49. The number of aromatic nitrogens is 1. The lowest BCUT2D eigenvalue weighted by Crippen LogP contribution is -2.45. The zero-order valence-corrected chi connectivity index (χ0v) is 15.9. The minimum atomic E-state index is -0.936. The lowest BCUT2D eigenvalue weighted by molar-refractivity contribution is -0.119. The number of benzene rings is 2. The summed E-state index contributed by atoms with van der Waals surface area (Å²) < 4.78 is 0. The maximum absolute atomic E-state index is 12.6. The zero-order chi connectivity index (χ0) is 19.7. The van der Waals surface area contributed by atoms with E-state index in [1.54, 1.807) is 30.5 Å². The first-order chi connectivity index (χ1) is 13.5. The number of rotatable bonds is 5. The number of carbonyl (C=O) groups is 3. The SMILES string of the molecule is C[C@@H](C(=O)Nc1ncc(Cc2ccccc2)s1)N1C(=O)c2ccccc2C1=O. The van der Waals surface area contributed by atoms with E-state index in [2.05, 4.69) is 10.3 Å². The highest BCUT2D eigenvalue weighted by Gasteiger charge is 2.40. The van der Waals surface area contributed by atoms with Gasteiger partial charge >= 0.3 is 0 Å². The first-order valence-electron chi connectivity index (χ1n) is 8.81. The van der Waals surface area contributed by atoms with Gasteiger partial charge in [-0.15, -0.1) is 11.3 Å². The maximum atomic E-state index is 12.6. The standard InChI is InChI=1S/C21H17N3O3S/c1-13(24-19(26)16-9-5-6-10-17(16)20(24)27)18(25)23-21-22-12-15(28-21)11-14-7-3-2-4-8-14/h2-10,12-13H,11H2,1H3,(H,22,23,25)/t13-/m0/s1. The van der Waals surface area contributed by atoms with Gasteiger partial charge in [-0.2, -0.15) is 0 Å². The van der Waals surface area contributed by atoms with E-state index < -0.39 is 23.8 Å². The van der Waals surface area contributed by atoms with Crippen molar-refractivity contribution >= 4 is 34.2 Å². The molecule has 0 spiro atoms. The van der Waals surface area contributed by atoms with E-state index in [4.69, 9.17) is 0 Å². The molecule has 2 aromatic carbocycles. The van der Waals surface area contributed by atoms with Crippen LogP contribution in [0.25, 0.3) is 0 Å². The quantitative estimate of drug-likeness (QED) is 0.677. The van der Waals surface area contributed by atoms with E-state index in [9.17, 15) is 14.4 Å². The van der Waals surface area contributed by atoms with Crippen LogP contribution in [-0.4, -0.2) is 33.6 Å². The van der Waals surface area contributed by atoms with Crippen LogP contribution < -0.4 is 5.32 Å². The highest BCUT2D eigenvalue weighted by Crippen LogP contribution is 2.26. The van der Waals surface area contributed by atoms with Gasteiger partial charge in [0.05, 0.1) is 11.1 Å². The van der Waals surface area contributed by atoms with Crippen molar-refractivity contribution in [1.29, 1.82) is 0 Å². The summed E-state index contributed by atoms with van der Waals surface area (Å²) >= 11 is 1.37. The van der Waals surface area contributed by atoms with E-state index in [-0.39, 0.29) is 0 Å². The van der Waals surface area contributed by atoms with Gasteiger partial charge in [0, 0.05) is 17.5 Å². The summed E-state index contributed by atoms with van der Waals surface area (Å²) in [6, 6.07) is 15.6. The van der Waals surface area contributed by atoms with Crippen molar-refractivity contribution in [1.82, 2.24) is 9.88 Å². The van der Waals surface area contributed by atoms with Crippen molar-refractivity contribution in [2.45, 2.75) is 19.4 Å². The van der Waals surface area contributed by atoms with Crippen LogP contribution in [0.1, 0.15) is 38.1 Å². The molecule has 3 amide bonds. The normalized spacial score (nSPS) is 14.1. The van der Waals surface area contributed by atoms with Crippen LogP contribution in [0.5, 0.6) is 0 Å². The second-order valence-corrected chi connectivity index (χ2v) is 7.60. The lowest BCUT2D eigenvalue weighted by Gasteiger charge is -2.21. The summed E-state index contributed by atoms with van der Waals surface area (Å²) in [4.78, 5) is 43.9. The number of carbonyl (C=O) groups excluding carboxylic acids is 3. The molecule has 28 heavy (non-hydrogen) atoms. The first-order valence-corrected chi connectivity index (χ1v) is 9.62. The molecule has 0 fully saturated rings. The number of nitrogens with zero attached hydrogens (tertiary/aromatic N) is 2. The molecule has 1 N–H and O–H groups in total. The Balaban J connectivity index is 1.44. The third kappa shape index (κ3) is 3.32. The lowest BCUT2D eigenvalue weighted by atomic mass is 10.1. The molecule has 1 aliphatic heterocycles. The van der Waals surface area contributed by atoms with Crippen LogP contribution in [0.3, 0.4) is 0 Å². The van der Waals surface area contributed by atoms with Crippen LogP contribution >= 0.6 is 11.3 Å². The fourth-order valence-corrected chi connectivity index (χ4v) is 3.98. The Morgan fingerprint density at radius 2 is 1.64 bits per heavy atom. The summed E-state index contributed by atoms with van der Waals surface area (Å²) in [5.41, 5.74) is 1.81. The Morgan fingerprint density at radius 1 is 1.04 bits per heavy atom. The fraction of sp³-hybridized carbons (Fsp3) is 0.143. The molecule has 3 aromatic rings. The Hall–Kier alpha value is -3.32. The molecular formula is C21H17N3O3S. The van der Waals surface area contributed by atoms with E-state index in [0.29, 0.717) is 16.3 Å². The predicted molar refractivity (Wildman–Crippen MR) is 106 cm³/mol. The third-order valence-electron chi connectivity index (χ3n) is 4.60. The number of fused-ring (bicyclic) bond motifs is 1. The largest absolute Gasteiger partial charge is 0.300 e. The average Bonchev–Trinajstić information content (AvgIpc) is 3.24. The summed E-state index contributed by atoms with van der Waals surface area (Å²) in [7, 11) is 0. The van der Waals surface area contributed by atoms with Gasteiger partial charge in [0.1, 0.15) is 6.04 Å².